The van der Waals surface area contributed by atoms with Gasteiger partial charge < -0.3 is 20.4 Å². The summed E-state index contributed by atoms with van der Waals surface area (Å²) in [5, 5.41) is 21.1. The Morgan fingerprint density at radius 1 is 1.14 bits per heavy atom. The van der Waals surface area contributed by atoms with E-state index in [4.69, 9.17) is 5.11 Å². The average molecular weight is 314 g/mol. The van der Waals surface area contributed by atoms with Gasteiger partial charge in [-0.15, -0.1) is 0 Å². The fraction of sp³-hybridized carbons (Fsp3) is 0.875. The largest absolute Gasteiger partial charge is 0.394 e. The van der Waals surface area contributed by atoms with Crippen molar-refractivity contribution in [3.8, 4) is 0 Å². The van der Waals surface area contributed by atoms with Crippen molar-refractivity contribution in [3.05, 3.63) is 0 Å². The molecule has 0 saturated heterocycles. The highest BCUT2D eigenvalue weighted by Crippen LogP contribution is 2.17. The van der Waals surface area contributed by atoms with E-state index >= 15 is 0 Å². The van der Waals surface area contributed by atoms with E-state index < -0.39 is 6.10 Å². The van der Waals surface area contributed by atoms with E-state index in [-0.39, 0.29) is 43.8 Å². The number of carbonyl (C=O) groups is 2. The number of aliphatic hydroxyl groups is 2. The summed E-state index contributed by atoms with van der Waals surface area (Å²) in [7, 11) is 1.56. The van der Waals surface area contributed by atoms with Crippen LogP contribution in [0.4, 0.5) is 0 Å². The van der Waals surface area contributed by atoms with E-state index in [1.165, 1.54) is 24.2 Å². The Hall–Kier alpha value is -1.14. The Balaban J connectivity index is 2.24. The van der Waals surface area contributed by atoms with Gasteiger partial charge in [-0.1, -0.05) is 32.1 Å². The summed E-state index contributed by atoms with van der Waals surface area (Å²) in [4.78, 5) is 25.1. The van der Waals surface area contributed by atoms with Crippen molar-refractivity contribution >= 4 is 11.8 Å². The summed E-state index contributed by atoms with van der Waals surface area (Å²) < 4.78 is 0. The average Bonchev–Trinajstić information content (AvgIpc) is 2.47. The molecule has 6 heteroatoms. The molecule has 1 fully saturated rings. The quantitative estimate of drug-likeness (QED) is 0.648. The smallest absolute Gasteiger partial charge is 0.222 e. The summed E-state index contributed by atoms with van der Waals surface area (Å²) in [5.41, 5.74) is 0. The van der Waals surface area contributed by atoms with Crippen molar-refractivity contribution in [2.75, 3.05) is 20.2 Å². The first-order chi connectivity index (χ1) is 10.5. The lowest BCUT2D eigenvalue weighted by molar-refractivity contribution is -0.134. The number of rotatable bonds is 7. The minimum atomic E-state index is -0.933. The molecule has 22 heavy (non-hydrogen) atoms. The monoisotopic (exact) mass is 314 g/mol. The molecule has 1 saturated carbocycles. The lowest BCUT2D eigenvalue weighted by Gasteiger charge is -2.22. The second kappa shape index (κ2) is 10.6. The van der Waals surface area contributed by atoms with Gasteiger partial charge in [0.15, 0.2) is 0 Å². The van der Waals surface area contributed by atoms with Crippen molar-refractivity contribution in [1.29, 1.82) is 0 Å². The Labute approximate surface area is 132 Å². The number of carbonyl (C=O) groups excluding carboxylic acids is 2. The standard InChI is InChI=1S/C16H30N2O4/c1-18(11-14(20)12-19)16(22)10-9-15(21)17-13-7-5-3-2-4-6-8-13/h13-14,19-20H,2-12H2,1H3,(H,17,21)/t14-/m0/s1. The van der Waals surface area contributed by atoms with Gasteiger partial charge >= 0.3 is 0 Å². The highest BCUT2D eigenvalue weighted by atomic mass is 16.3. The van der Waals surface area contributed by atoms with Crippen molar-refractivity contribution in [1.82, 2.24) is 10.2 Å². The summed E-state index contributed by atoms with van der Waals surface area (Å²) in [5.74, 6) is -0.268. The van der Waals surface area contributed by atoms with Crippen LogP contribution < -0.4 is 5.32 Å². The molecule has 0 aromatic heterocycles. The topological polar surface area (TPSA) is 89.9 Å². The molecule has 1 aliphatic carbocycles. The van der Waals surface area contributed by atoms with Gasteiger partial charge in [-0.2, -0.15) is 0 Å². The molecular formula is C16H30N2O4. The number of nitrogens with zero attached hydrogens (tertiary/aromatic N) is 1. The summed E-state index contributed by atoms with van der Waals surface area (Å²) in [6.45, 7) is -0.292. The van der Waals surface area contributed by atoms with Crippen LogP contribution in [0.5, 0.6) is 0 Å². The van der Waals surface area contributed by atoms with E-state index in [0.717, 1.165) is 25.7 Å². The van der Waals surface area contributed by atoms with E-state index in [9.17, 15) is 14.7 Å². The number of hydrogen-bond acceptors (Lipinski definition) is 4. The van der Waals surface area contributed by atoms with Gasteiger partial charge in [-0.3, -0.25) is 9.59 Å². The van der Waals surface area contributed by atoms with Gasteiger partial charge in [-0.05, 0) is 12.8 Å². The maximum absolute atomic E-state index is 11.9. The molecule has 3 N–H and O–H groups in total. The summed E-state index contributed by atoms with van der Waals surface area (Å²) in [6, 6.07) is 0.247. The van der Waals surface area contributed by atoms with Crippen molar-refractivity contribution < 1.29 is 19.8 Å². The van der Waals surface area contributed by atoms with Gasteiger partial charge in [0.05, 0.1) is 12.7 Å². The third kappa shape index (κ3) is 7.75. The molecular weight excluding hydrogens is 284 g/mol. The Morgan fingerprint density at radius 2 is 1.73 bits per heavy atom. The predicted molar refractivity (Wildman–Crippen MR) is 84.2 cm³/mol. The molecule has 0 unspecified atom stereocenters. The molecule has 128 valence electrons. The fourth-order valence-electron chi connectivity index (χ4n) is 2.79. The van der Waals surface area contributed by atoms with Crippen LogP contribution in [-0.4, -0.2) is 59.3 Å². The molecule has 0 aromatic rings. The lowest BCUT2D eigenvalue weighted by Crippen LogP contribution is -2.38. The predicted octanol–water partition coefficient (Wildman–Crippen LogP) is 0.807. The number of aliphatic hydroxyl groups excluding tert-OH is 2. The van der Waals surface area contributed by atoms with Crippen LogP contribution in [0.1, 0.15) is 57.8 Å². The Bertz CT molecular complexity index is 341. The highest BCUT2D eigenvalue weighted by molar-refractivity contribution is 5.83. The van der Waals surface area contributed by atoms with Crippen LogP contribution in [0.3, 0.4) is 0 Å². The molecule has 0 bridgehead atoms. The van der Waals surface area contributed by atoms with E-state index in [0.29, 0.717) is 0 Å². The molecule has 0 aliphatic heterocycles. The first-order valence-corrected chi connectivity index (χ1v) is 8.35. The maximum atomic E-state index is 11.9. The molecule has 0 radical (unpaired) electrons. The maximum Gasteiger partial charge on any atom is 0.222 e. The molecule has 2 amide bonds. The summed E-state index contributed by atoms with van der Waals surface area (Å²) in [6.07, 6.45) is 7.52. The van der Waals surface area contributed by atoms with Gasteiger partial charge in [0, 0.05) is 32.5 Å². The SMILES string of the molecule is CN(C[C@H](O)CO)C(=O)CCC(=O)NC1CCCCCCC1. The molecule has 6 nitrogen and oxygen atoms in total. The van der Waals surface area contributed by atoms with Gasteiger partial charge in [0.2, 0.25) is 11.8 Å². The van der Waals surface area contributed by atoms with Crippen LogP contribution >= 0.6 is 0 Å². The number of nitrogens with one attached hydrogen (secondary N) is 1. The van der Waals surface area contributed by atoms with Crippen LogP contribution in [0.15, 0.2) is 0 Å². The Morgan fingerprint density at radius 3 is 2.32 bits per heavy atom. The minimum absolute atomic E-state index is 0.0740. The molecule has 1 rings (SSSR count). The van der Waals surface area contributed by atoms with E-state index in [2.05, 4.69) is 5.32 Å². The third-order valence-corrected chi connectivity index (χ3v) is 4.16. The normalized spacial score (nSPS) is 18.1. The zero-order valence-electron chi connectivity index (χ0n) is 13.6. The number of amides is 2. The Kier molecular flexibility index (Phi) is 9.08. The minimum Gasteiger partial charge on any atom is -0.394 e. The number of likely N-dealkylation sites (N-methyl/N-ethyl adjacent to an activating group) is 1. The second-order valence-corrected chi connectivity index (χ2v) is 6.22. The summed E-state index contributed by atoms with van der Waals surface area (Å²) >= 11 is 0. The third-order valence-electron chi connectivity index (χ3n) is 4.16. The molecule has 0 spiro atoms. The highest BCUT2D eigenvalue weighted by Gasteiger charge is 2.17. The second-order valence-electron chi connectivity index (χ2n) is 6.22. The van der Waals surface area contributed by atoms with Crippen molar-refractivity contribution in [3.63, 3.8) is 0 Å². The van der Waals surface area contributed by atoms with Crippen LogP contribution in [0, 0.1) is 0 Å². The van der Waals surface area contributed by atoms with Gasteiger partial charge in [-0.25, -0.2) is 0 Å². The van der Waals surface area contributed by atoms with Crippen molar-refractivity contribution in [2.24, 2.45) is 0 Å². The molecule has 0 heterocycles. The molecule has 0 aromatic carbocycles. The van der Waals surface area contributed by atoms with Gasteiger partial charge in [0.1, 0.15) is 0 Å². The molecule has 1 atom stereocenters. The zero-order valence-corrected chi connectivity index (χ0v) is 13.6. The van der Waals surface area contributed by atoms with Crippen LogP contribution in [0.25, 0.3) is 0 Å². The van der Waals surface area contributed by atoms with Crippen LogP contribution in [0.2, 0.25) is 0 Å². The first kappa shape index (κ1) is 18.9. The van der Waals surface area contributed by atoms with Crippen molar-refractivity contribution in [2.45, 2.75) is 69.9 Å². The van der Waals surface area contributed by atoms with Gasteiger partial charge in [0.25, 0.3) is 0 Å². The number of hydrogen-bond donors (Lipinski definition) is 3. The first-order valence-electron chi connectivity index (χ1n) is 8.35. The van der Waals surface area contributed by atoms with Crippen LogP contribution in [-0.2, 0) is 9.59 Å². The van der Waals surface area contributed by atoms with E-state index in [1.54, 1.807) is 7.05 Å². The zero-order chi connectivity index (χ0) is 16.4. The van der Waals surface area contributed by atoms with E-state index in [1.807, 2.05) is 0 Å². The fourth-order valence-corrected chi connectivity index (χ4v) is 2.79. The lowest BCUT2D eigenvalue weighted by atomic mass is 9.96. The molecule has 1 aliphatic rings.